The van der Waals surface area contributed by atoms with Crippen LogP contribution in [0.3, 0.4) is 0 Å². The van der Waals surface area contributed by atoms with Gasteiger partial charge < -0.3 is 14.6 Å². The minimum absolute atomic E-state index is 0.150. The van der Waals surface area contributed by atoms with Crippen molar-refractivity contribution in [2.24, 2.45) is 0 Å². The van der Waals surface area contributed by atoms with Crippen LogP contribution < -0.4 is 10.2 Å². The molecule has 4 rings (SSSR count). The van der Waals surface area contributed by atoms with Gasteiger partial charge in [-0.05, 0) is 48.7 Å². The molecule has 0 saturated carbocycles. The van der Waals surface area contributed by atoms with Crippen LogP contribution in [0.2, 0.25) is 0 Å². The van der Waals surface area contributed by atoms with Crippen LogP contribution in [-0.4, -0.2) is 56.3 Å². The van der Waals surface area contributed by atoms with Crippen molar-refractivity contribution in [3.63, 3.8) is 0 Å². The van der Waals surface area contributed by atoms with Gasteiger partial charge in [0.05, 0.1) is 11.4 Å². The molecule has 1 aliphatic heterocycles. The van der Waals surface area contributed by atoms with E-state index < -0.39 is 10.0 Å². The van der Waals surface area contributed by atoms with Gasteiger partial charge in [0.25, 0.3) is 11.9 Å². The third kappa shape index (κ3) is 5.08. The highest BCUT2D eigenvalue weighted by molar-refractivity contribution is 7.89. The number of piperazine rings is 1. The van der Waals surface area contributed by atoms with Crippen molar-refractivity contribution in [1.82, 2.24) is 14.6 Å². The number of rotatable bonds is 8. The number of hydrogen-bond donors (Lipinski definition) is 1. The molecule has 0 radical (unpaired) electrons. The molecule has 1 aliphatic rings. The maximum Gasteiger partial charge on any atom is 0.298 e. The number of aromatic nitrogens is 1. The Bertz CT molecular complexity index is 1300. The third-order valence-corrected chi connectivity index (χ3v) is 7.79. The molecule has 34 heavy (non-hydrogen) atoms. The van der Waals surface area contributed by atoms with E-state index in [2.05, 4.69) is 23.1 Å². The molecule has 1 N–H and O–H groups in total. The Hall–Kier alpha value is -3.35. The van der Waals surface area contributed by atoms with Gasteiger partial charge in [-0.25, -0.2) is 8.42 Å². The maximum atomic E-state index is 13.1. The summed E-state index contributed by atoms with van der Waals surface area (Å²) in [5, 5.41) is 2.62. The molecule has 1 amide bonds. The molecule has 2 heterocycles. The third-order valence-electron chi connectivity index (χ3n) is 5.88. The van der Waals surface area contributed by atoms with Gasteiger partial charge in [-0.1, -0.05) is 31.4 Å². The summed E-state index contributed by atoms with van der Waals surface area (Å²) >= 11 is 0. The summed E-state index contributed by atoms with van der Waals surface area (Å²) in [7, 11) is -3.56. The molecule has 8 nitrogen and oxygen atoms in total. The first-order valence-corrected chi connectivity index (χ1v) is 12.8. The molecule has 9 heteroatoms. The number of oxazole rings is 1. The first-order chi connectivity index (χ1) is 16.4. The number of hydrogen-bond acceptors (Lipinski definition) is 6. The second kappa shape index (κ2) is 10.3. The van der Waals surface area contributed by atoms with Crippen LogP contribution in [0.15, 0.2) is 51.8 Å². The van der Waals surface area contributed by atoms with Gasteiger partial charge in [-0.2, -0.15) is 9.29 Å². The smallest absolute Gasteiger partial charge is 0.298 e. The summed E-state index contributed by atoms with van der Waals surface area (Å²) in [6.45, 7) is 3.86. The average Bonchev–Trinajstić information content (AvgIpc) is 3.30. The van der Waals surface area contributed by atoms with Crippen molar-refractivity contribution in [3.05, 3.63) is 53.6 Å². The highest BCUT2D eigenvalue weighted by atomic mass is 32.2. The second-order valence-electron chi connectivity index (χ2n) is 8.20. The van der Waals surface area contributed by atoms with Gasteiger partial charge in [0.1, 0.15) is 5.52 Å². The zero-order valence-electron chi connectivity index (χ0n) is 19.2. The molecule has 1 fully saturated rings. The van der Waals surface area contributed by atoms with Crippen molar-refractivity contribution >= 4 is 33.0 Å². The predicted molar refractivity (Wildman–Crippen MR) is 131 cm³/mol. The van der Waals surface area contributed by atoms with Gasteiger partial charge in [0, 0.05) is 31.7 Å². The van der Waals surface area contributed by atoms with Crippen LogP contribution >= 0.6 is 0 Å². The van der Waals surface area contributed by atoms with Gasteiger partial charge in [0.2, 0.25) is 10.0 Å². The Labute approximate surface area is 200 Å². The summed E-state index contributed by atoms with van der Waals surface area (Å²) in [4.78, 5) is 18.9. The number of aryl methyl sites for hydroxylation is 1. The summed E-state index contributed by atoms with van der Waals surface area (Å²) < 4.78 is 33.5. The molecule has 3 aromatic rings. The van der Waals surface area contributed by atoms with E-state index in [0.29, 0.717) is 53.8 Å². The van der Waals surface area contributed by atoms with Crippen molar-refractivity contribution in [2.75, 3.05) is 37.6 Å². The Morgan fingerprint density at radius 1 is 1.15 bits per heavy atom. The Balaban J connectivity index is 1.42. The van der Waals surface area contributed by atoms with E-state index in [1.54, 1.807) is 30.3 Å². The number of benzene rings is 2. The van der Waals surface area contributed by atoms with Gasteiger partial charge in [0.15, 0.2) is 5.58 Å². The van der Waals surface area contributed by atoms with E-state index >= 15 is 0 Å². The fourth-order valence-electron chi connectivity index (χ4n) is 3.90. The lowest BCUT2D eigenvalue weighted by atomic mass is 10.1. The molecule has 0 unspecified atom stereocenters. The quantitative estimate of drug-likeness (QED) is 0.498. The number of anilines is 1. The zero-order valence-corrected chi connectivity index (χ0v) is 20.0. The molecule has 178 valence electrons. The number of carbonyl (C=O) groups excluding carboxylic acids is 1. The van der Waals surface area contributed by atoms with Crippen LogP contribution in [0, 0.1) is 12.3 Å². The first kappa shape index (κ1) is 23.8. The van der Waals surface area contributed by atoms with E-state index in [1.165, 1.54) is 4.31 Å². The molecule has 0 spiro atoms. The van der Waals surface area contributed by atoms with Crippen molar-refractivity contribution < 1.29 is 17.6 Å². The number of sulfonamides is 1. The Morgan fingerprint density at radius 2 is 1.88 bits per heavy atom. The lowest BCUT2D eigenvalue weighted by Crippen LogP contribution is -2.48. The number of amides is 1. The van der Waals surface area contributed by atoms with E-state index in [4.69, 9.17) is 10.8 Å². The fraction of sp³-hybridized carbons (Fsp3) is 0.360. The zero-order chi connectivity index (χ0) is 24.1. The molecule has 0 atom stereocenters. The highest BCUT2D eigenvalue weighted by Gasteiger charge is 2.30. The Kier molecular flexibility index (Phi) is 7.20. The van der Waals surface area contributed by atoms with Crippen molar-refractivity contribution in [2.45, 2.75) is 31.1 Å². The molecule has 2 aromatic carbocycles. The lowest BCUT2D eigenvalue weighted by Gasteiger charge is -2.33. The number of nitrogens with zero attached hydrogens (tertiary/aromatic N) is 3. The minimum atomic E-state index is -3.56. The number of fused-ring (bicyclic) bond motifs is 1. The molecule has 0 bridgehead atoms. The summed E-state index contributed by atoms with van der Waals surface area (Å²) in [5.74, 6) is 2.09. The highest BCUT2D eigenvalue weighted by Crippen LogP contribution is 2.25. The van der Waals surface area contributed by atoms with Crippen molar-refractivity contribution in [3.8, 4) is 12.3 Å². The number of nitrogens with one attached hydrogen (secondary N) is 1. The fourth-order valence-corrected chi connectivity index (χ4v) is 5.33. The summed E-state index contributed by atoms with van der Waals surface area (Å²) in [6, 6.07) is 12.6. The van der Waals surface area contributed by atoms with E-state index in [-0.39, 0.29) is 12.5 Å². The van der Waals surface area contributed by atoms with Crippen LogP contribution in [0.1, 0.15) is 35.7 Å². The van der Waals surface area contributed by atoms with Gasteiger partial charge in [-0.3, -0.25) is 4.79 Å². The van der Waals surface area contributed by atoms with E-state index in [9.17, 15) is 13.2 Å². The van der Waals surface area contributed by atoms with E-state index in [0.717, 1.165) is 24.8 Å². The maximum absolute atomic E-state index is 13.1. The second-order valence-corrected chi connectivity index (χ2v) is 10.1. The van der Waals surface area contributed by atoms with Gasteiger partial charge in [-0.15, -0.1) is 6.42 Å². The lowest BCUT2D eigenvalue weighted by molar-refractivity contribution is 0.0959. The Morgan fingerprint density at radius 3 is 2.56 bits per heavy atom. The van der Waals surface area contributed by atoms with Crippen LogP contribution in [0.5, 0.6) is 0 Å². The number of carbonyl (C=O) groups is 1. The number of unbranched alkanes of at least 4 members (excludes halogenated alkanes) is 1. The average molecular weight is 481 g/mol. The predicted octanol–water partition coefficient (Wildman–Crippen LogP) is 3.04. The normalized spacial score (nSPS) is 14.8. The molecular weight excluding hydrogens is 452 g/mol. The first-order valence-electron chi connectivity index (χ1n) is 11.4. The molecule has 1 saturated heterocycles. The van der Waals surface area contributed by atoms with E-state index in [1.807, 2.05) is 17.0 Å². The summed E-state index contributed by atoms with van der Waals surface area (Å²) in [5.41, 5.74) is 2.71. The van der Waals surface area contributed by atoms with Crippen LogP contribution in [0.4, 0.5) is 6.01 Å². The number of terminal acetylenes is 1. The van der Waals surface area contributed by atoms with Crippen LogP contribution in [0.25, 0.3) is 11.1 Å². The largest absolute Gasteiger partial charge is 0.423 e. The van der Waals surface area contributed by atoms with Gasteiger partial charge >= 0.3 is 0 Å². The SMILES string of the molecule is C#CCNC(=O)c1ccc2oc(N3CCN(S(=O)(=O)c4ccc(CCCC)cc4)CC3)nc2c1. The standard InChI is InChI=1S/C25H28N4O4S/c1-3-5-6-19-7-10-21(11-8-19)34(31,32)29-16-14-28(15-17-29)25-27-22-18-20(9-12-23(22)33-25)24(30)26-13-4-2/h2,7-12,18H,3,5-6,13-17H2,1H3,(H,26,30). The van der Waals surface area contributed by atoms with Crippen molar-refractivity contribution in [1.29, 1.82) is 0 Å². The van der Waals surface area contributed by atoms with Crippen LogP contribution in [-0.2, 0) is 16.4 Å². The molecule has 0 aliphatic carbocycles. The molecule has 1 aromatic heterocycles. The summed E-state index contributed by atoms with van der Waals surface area (Å²) in [6.07, 6.45) is 8.33. The monoisotopic (exact) mass is 480 g/mol. The minimum Gasteiger partial charge on any atom is -0.423 e. The molecular formula is C25H28N4O4S. The topological polar surface area (TPSA) is 95.8 Å².